The third kappa shape index (κ3) is 11.3. The van der Waals surface area contributed by atoms with Gasteiger partial charge < -0.3 is 14.8 Å². The Morgan fingerprint density at radius 3 is 2.04 bits per heavy atom. The van der Waals surface area contributed by atoms with Crippen LogP contribution in [0.1, 0.15) is 34.1 Å². The first-order chi connectivity index (χ1) is 11.3. The first kappa shape index (κ1) is 22.7. The maximum atomic E-state index is 12.2. The molecule has 0 bridgehead atoms. The minimum absolute atomic E-state index is 0.0595. The fraction of sp³-hybridized carbons (Fsp3) is 0.824. The number of hydrogen-bond donors (Lipinski definition) is 1. The fourth-order valence-corrected chi connectivity index (χ4v) is 2.21. The molecule has 0 heterocycles. The van der Waals surface area contributed by atoms with E-state index in [4.69, 9.17) is 9.47 Å². The van der Waals surface area contributed by atoms with Gasteiger partial charge in [0.25, 0.3) is 0 Å². The van der Waals surface area contributed by atoms with Crippen molar-refractivity contribution in [3.63, 3.8) is 0 Å². The highest BCUT2D eigenvalue weighted by molar-refractivity contribution is 5.87. The lowest BCUT2D eigenvalue weighted by molar-refractivity contribution is -0.129. The average Bonchev–Trinajstić information content (AvgIpc) is 2.47. The summed E-state index contributed by atoms with van der Waals surface area (Å²) in [6.07, 6.45) is 0.425. The number of amides is 1. The fourth-order valence-electron chi connectivity index (χ4n) is 2.21. The largest absolute Gasteiger partial charge is 0.379 e. The normalized spacial score (nSPS) is 12.5. The Morgan fingerprint density at radius 2 is 1.54 bits per heavy atom. The third-order valence-electron chi connectivity index (χ3n) is 3.45. The molecule has 140 valence electrons. The van der Waals surface area contributed by atoms with Crippen molar-refractivity contribution in [2.75, 3.05) is 46.6 Å². The molecule has 0 fully saturated rings. The van der Waals surface area contributed by atoms with Gasteiger partial charge in [-0.3, -0.25) is 19.3 Å². The van der Waals surface area contributed by atoms with E-state index in [2.05, 4.69) is 5.32 Å². The Balaban J connectivity index is 3.99. The maximum Gasteiger partial charge on any atom is 0.237 e. The van der Waals surface area contributed by atoms with Crippen LogP contribution in [-0.4, -0.2) is 75.0 Å². The van der Waals surface area contributed by atoms with Crippen molar-refractivity contribution in [2.45, 2.75) is 40.2 Å². The van der Waals surface area contributed by atoms with Gasteiger partial charge >= 0.3 is 0 Å². The molecule has 0 aromatic carbocycles. The van der Waals surface area contributed by atoms with E-state index in [-0.39, 0.29) is 36.0 Å². The van der Waals surface area contributed by atoms with E-state index < -0.39 is 0 Å². The molecule has 7 heteroatoms. The molecule has 0 aromatic rings. The average molecular weight is 344 g/mol. The van der Waals surface area contributed by atoms with Gasteiger partial charge in [0.15, 0.2) is 0 Å². The Bertz CT molecular complexity index is 398. The van der Waals surface area contributed by atoms with Gasteiger partial charge in [0.1, 0.15) is 11.6 Å². The number of likely N-dealkylation sites (N-methyl/N-ethyl adjacent to an activating group) is 1. The number of nitrogens with one attached hydrogen (secondary N) is 1. The first-order valence-corrected chi connectivity index (χ1v) is 8.38. The Hall–Kier alpha value is -1.31. The van der Waals surface area contributed by atoms with E-state index in [1.54, 1.807) is 0 Å². The van der Waals surface area contributed by atoms with Crippen molar-refractivity contribution < 1.29 is 23.9 Å². The molecule has 0 aliphatic heterocycles. The van der Waals surface area contributed by atoms with Crippen molar-refractivity contribution in [2.24, 2.45) is 5.92 Å². The molecule has 0 rings (SSSR count). The smallest absolute Gasteiger partial charge is 0.237 e. The van der Waals surface area contributed by atoms with Crippen LogP contribution in [0.3, 0.4) is 0 Å². The van der Waals surface area contributed by atoms with E-state index >= 15 is 0 Å². The molecule has 0 aliphatic carbocycles. The molecule has 1 unspecified atom stereocenters. The molecule has 1 amide bonds. The number of hydrogen-bond acceptors (Lipinski definition) is 6. The molecule has 0 aliphatic rings. The van der Waals surface area contributed by atoms with E-state index in [1.807, 2.05) is 25.8 Å². The Kier molecular flexibility index (Phi) is 12.3. The lowest BCUT2D eigenvalue weighted by Crippen LogP contribution is -2.50. The van der Waals surface area contributed by atoms with E-state index in [1.165, 1.54) is 13.8 Å². The zero-order chi connectivity index (χ0) is 18.5. The summed E-state index contributed by atoms with van der Waals surface area (Å²) < 4.78 is 10.8. The molecule has 24 heavy (non-hydrogen) atoms. The highest BCUT2D eigenvalue weighted by atomic mass is 16.5. The number of carbonyl (C=O) groups excluding carboxylic acids is 3. The molecule has 1 atom stereocenters. The third-order valence-corrected chi connectivity index (χ3v) is 3.45. The monoisotopic (exact) mass is 344 g/mol. The van der Waals surface area contributed by atoms with Gasteiger partial charge in [-0.15, -0.1) is 0 Å². The van der Waals surface area contributed by atoms with Crippen molar-refractivity contribution in [1.29, 1.82) is 0 Å². The molecule has 0 spiro atoms. The first-order valence-electron chi connectivity index (χ1n) is 8.38. The molecule has 0 radical (unpaired) electrons. The summed E-state index contributed by atoms with van der Waals surface area (Å²) in [5.74, 6) is 0.0223. The van der Waals surface area contributed by atoms with Crippen LogP contribution >= 0.6 is 0 Å². The van der Waals surface area contributed by atoms with Gasteiger partial charge in [-0.1, -0.05) is 13.8 Å². The lowest BCUT2D eigenvalue weighted by Gasteiger charge is -2.29. The number of ether oxygens (including phenoxy) is 2. The number of rotatable bonds is 14. The van der Waals surface area contributed by atoms with Crippen LogP contribution in [0.4, 0.5) is 0 Å². The lowest BCUT2D eigenvalue weighted by atomic mass is 10.0. The van der Waals surface area contributed by atoms with E-state index in [0.717, 1.165) is 0 Å². The molecule has 0 aromatic heterocycles. The number of nitrogens with zero attached hydrogens (tertiary/aromatic N) is 1. The van der Waals surface area contributed by atoms with Crippen LogP contribution in [0.5, 0.6) is 0 Å². The summed E-state index contributed by atoms with van der Waals surface area (Å²) in [5.41, 5.74) is 0. The summed E-state index contributed by atoms with van der Waals surface area (Å²) in [7, 11) is 1.87. The number of ketones is 2. The van der Waals surface area contributed by atoms with Crippen molar-refractivity contribution >= 4 is 17.5 Å². The molecule has 0 saturated carbocycles. The van der Waals surface area contributed by atoms with Gasteiger partial charge in [0, 0.05) is 13.0 Å². The van der Waals surface area contributed by atoms with Crippen LogP contribution < -0.4 is 5.32 Å². The molecule has 7 nitrogen and oxygen atoms in total. The van der Waals surface area contributed by atoms with Crippen molar-refractivity contribution in [1.82, 2.24) is 10.2 Å². The quantitative estimate of drug-likeness (QED) is 0.466. The van der Waals surface area contributed by atoms with Gasteiger partial charge in [0.2, 0.25) is 5.91 Å². The minimum atomic E-state index is -0.306. The Morgan fingerprint density at radius 1 is 0.958 bits per heavy atom. The zero-order valence-electron chi connectivity index (χ0n) is 15.6. The van der Waals surface area contributed by atoms with Crippen LogP contribution in [-0.2, 0) is 23.9 Å². The van der Waals surface area contributed by atoms with E-state index in [0.29, 0.717) is 39.4 Å². The highest BCUT2D eigenvalue weighted by Gasteiger charge is 2.26. The number of carbonyl (C=O) groups is 3. The summed E-state index contributed by atoms with van der Waals surface area (Å²) in [6, 6.07) is -0.306. The SMILES string of the molecule is CC(=O)CCOCCOCCN(C)C(C(=O)NCC(C)=O)C(C)C. The molecule has 1 N–H and O–H groups in total. The zero-order valence-corrected chi connectivity index (χ0v) is 15.6. The summed E-state index contributed by atoms with van der Waals surface area (Å²) in [6.45, 7) is 9.39. The summed E-state index contributed by atoms with van der Waals surface area (Å²) in [5, 5.41) is 2.66. The van der Waals surface area contributed by atoms with Gasteiger partial charge in [-0.25, -0.2) is 0 Å². The highest BCUT2D eigenvalue weighted by Crippen LogP contribution is 2.09. The molecular formula is C17H32N2O5. The minimum Gasteiger partial charge on any atom is -0.379 e. The van der Waals surface area contributed by atoms with Crippen molar-refractivity contribution in [3.05, 3.63) is 0 Å². The molecular weight excluding hydrogens is 312 g/mol. The van der Waals surface area contributed by atoms with E-state index in [9.17, 15) is 14.4 Å². The molecule has 0 saturated heterocycles. The van der Waals surface area contributed by atoms with Crippen molar-refractivity contribution in [3.8, 4) is 0 Å². The summed E-state index contributed by atoms with van der Waals surface area (Å²) >= 11 is 0. The van der Waals surface area contributed by atoms with Gasteiger partial charge in [-0.05, 0) is 26.8 Å². The predicted molar refractivity (Wildman–Crippen MR) is 91.9 cm³/mol. The second-order valence-corrected chi connectivity index (χ2v) is 6.27. The van der Waals surface area contributed by atoms with Gasteiger partial charge in [0.05, 0.1) is 39.0 Å². The van der Waals surface area contributed by atoms with Crippen LogP contribution in [0.25, 0.3) is 0 Å². The number of Topliss-reactive ketones (excluding diaryl/α,β-unsaturated/α-hetero) is 2. The second kappa shape index (κ2) is 13.0. The standard InChI is InChI=1S/C17H32N2O5/c1-13(2)16(17(22)18-12-15(4)21)19(5)7-9-24-11-10-23-8-6-14(3)20/h13,16H,6-12H2,1-5H3,(H,18,22). The summed E-state index contributed by atoms with van der Waals surface area (Å²) in [4.78, 5) is 35.9. The maximum absolute atomic E-state index is 12.2. The topological polar surface area (TPSA) is 84.9 Å². The van der Waals surface area contributed by atoms with Crippen LogP contribution in [0, 0.1) is 5.92 Å². The Labute approximate surface area is 145 Å². The predicted octanol–water partition coefficient (Wildman–Crippen LogP) is 0.660. The van der Waals surface area contributed by atoms with Gasteiger partial charge in [-0.2, -0.15) is 0 Å². The van der Waals surface area contributed by atoms with Crippen LogP contribution in [0.2, 0.25) is 0 Å². The second-order valence-electron chi connectivity index (χ2n) is 6.27. The van der Waals surface area contributed by atoms with Crippen LogP contribution in [0.15, 0.2) is 0 Å².